The van der Waals surface area contributed by atoms with Gasteiger partial charge in [-0.2, -0.15) is 0 Å². The first-order valence-corrected chi connectivity index (χ1v) is 9.17. The number of ether oxygens (including phenoxy) is 1. The highest BCUT2D eigenvalue weighted by molar-refractivity contribution is 8.00. The fourth-order valence-corrected chi connectivity index (χ4v) is 3.27. The minimum atomic E-state index is -0.593. The van der Waals surface area contributed by atoms with Gasteiger partial charge in [-0.1, -0.05) is 29.4 Å². The van der Waals surface area contributed by atoms with E-state index in [-0.39, 0.29) is 11.2 Å². The molecule has 0 saturated heterocycles. The molecule has 140 valence electrons. The fourth-order valence-electron chi connectivity index (χ4n) is 2.38. The summed E-state index contributed by atoms with van der Waals surface area (Å²) in [5, 5.41) is 6.34. The van der Waals surface area contributed by atoms with Crippen LogP contribution >= 0.6 is 11.8 Å². The molecule has 2 aromatic carbocycles. The lowest BCUT2D eigenvalue weighted by Gasteiger charge is -2.12. The number of nitrogens with zero attached hydrogens (tertiary/aromatic N) is 1. The van der Waals surface area contributed by atoms with Gasteiger partial charge in [-0.3, -0.25) is 14.3 Å². The van der Waals surface area contributed by atoms with Crippen LogP contribution in [0.2, 0.25) is 0 Å². The maximum Gasteiger partial charge on any atom is 0.439 e. The Morgan fingerprint density at radius 2 is 1.93 bits per heavy atom. The van der Waals surface area contributed by atoms with E-state index in [0.717, 1.165) is 21.8 Å². The molecule has 0 aliphatic carbocycles. The second-order valence-electron chi connectivity index (χ2n) is 5.79. The van der Waals surface area contributed by atoms with E-state index in [9.17, 15) is 9.59 Å². The van der Waals surface area contributed by atoms with Crippen LogP contribution in [-0.2, 0) is 11.3 Å². The number of benzene rings is 2. The lowest BCUT2D eigenvalue weighted by Crippen LogP contribution is -2.30. The number of aromatic amines is 1. The van der Waals surface area contributed by atoms with Crippen molar-refractivity contribution in [3.8, 4) is 17.1 Å². The van der Waals surface area contributed by atoms with E-state index in [1.165, 1.54) is 11.8 Å². The Bertz CT molecular complexity index is 948. The maximum absolute atomic E-state index is 12.3. The van der Waals surface area contributed by atoms with Gasteiger partial charge in [-0.05, 0) is 36.8 Å². The van der Waals surface area contributed by atoms with Gasteiger partial charge in [-0.25, -0.2) is 4.79 Å². The number of hydrogen-bond acceptors (Lipinski definition) is 6. The van der Waals surface area contributed by atoms with Crippen molar-refractivity contribution < 1.29 is 14.1 Å². The second kappa shape index (κ2) is 8.59. The molecule has 1 heterocycles. The lowest BCUT2D eigenvalue weighted by atomic mass is 10.1. The average Bonchev–Trinajstić information content (AvgIpc) is 3.13. The first-order valence-electron chi connectivity index (χ1n) is 8.29. The van der Waals surface area contributed by atoms with Gasteiger partial charge >= 0.3 is 5.76 Å². The summed E-state index contributed by atoms with van der Waals surface area (Å²) in [6.07, 6.45) is 0. The molecule has 0 bridgehead atoms. The van der Waals surface area contributed by atoms with Crippen LogP contribution in [0.1, 0.15) is 12.5 Å². The average molecular weight is 385 g/mol. The smallest absolute Gasteiger partial charge is 0.439 e. The summed E-state index contributed by atoms with van der Waals surface area (Å²) in [4.78, 5) is 26.8. The standard InChI is InChI=1S/C19H19N3O4S/c1-12(27-16-9-7-15(25-2)8-10-16)18(23)20-11-13-3-5-14(6-4-13)17-21-19(24)26-22-17/h3-10,12H,11H2,1-2H3,(H,20,23)(H,21,22,24). The third-order valence-electron chi connectivity index (χ3n) is 3.88. The Morgan fingerprint density at radius 3 is 2.52 bits per heavy atom. The summed E-state index contributed by atoms with van der Waals surface area (Å²) < 4.78 is 9.62. The second-order valence-corrected chi connectivity index (χ2v) is 7.21. The van der Waals surface area contributed by atoms with Gasteiger partial charge in [0.25, 0.3) is 0 Å². The van der Waals surface area contributed by atoms with E-state index in [4.69, 9.17) is 4.74 Å². The van der Waals surface area contributed by atoms with E-state index in [1.54, 1.807) is 7.11 Å². The first kappa shape index (κ1) is 18.8. The largest absolute Gasteiger partial charge is 0.497 e. The zero-order valence-corrected chi connectivity index (χ0v) is 15.7. The maximum atomic E-state index is 12.3. The lowest BCUT2D eigenvalue weighted by molar-refractivity contribution is -0.120. The van der Waals surface area contributed by atoms with Gasteiger partial charge in [-0.15, -0.1) is 11.8 Å². The Hall–Kier alpha value is -3.00. The van der Waals surface area contributed by atoms with Gasteiger partial charge in [0, 0.05) is 17.0 Å². The normalized spacial score (nSPS) is 11.8. The van der Waals surface area contributed by atoms with Crippen molar-refractivity contribution in [1.29, 1.82) is 0 Å². The molecule has 1 atom stereocenters. The van der Waals surface area contributed by atoms with E-state index in [0.29, 0.717) is 12.4 Å². The number of H-pyrrole nitrogens is 1. The topological polar surface area (TPSA) is 97.2 Å². The van der Waals surface area contributed by atoms with Crippen molar-refractivity contribution in [1.82, 2.24) is 15.5 Å². The number of carbonyl (C=O) groups excluding carboxylic acids is 1. The predicted molar refractivity (Wildman–Crippen MR) is 103 cm³/mol. The van der Waals surface area contributed by atoms with Gasteiger partial charge < -0.3 is 10.1 Å². The summed E-state index contributed by atoms with van der Waals surface area (Å²) in [6, 6.07) is 15.0. The third-order valence-corrected chi connectivity index (χ3v) is 4.99. The summed E-state index contributed by atoms with van der Waals surface area (Å²) in [5.74, 6) is 0.528. The van der Waals surface area contributed by atoms with Crippen molar-refractivity contribution in [2.24, 2.45) is 0 Å². The van der Waals surface area contributed by atoms with Crippen LogP contribution in [0.4, 0.5) is 0 Å². The Morgan fingerprint density at radius 1 is 1.22 bits per heavy atom. The third kappa shape index (κ3) is 5.01. The van der Waals surface area contributed by atoms with Crippen molar-refractivity contribution in [3.05, 3.63) is 64.6 Å². The van der Waals surface area contributed by atoms with Crippen LogP contribution in [0.15, 0.2) is 62.7 Å². The van der Waals surface area contributed by atoms with Crippen LogP contribution in [-0.4, -0.2) is 28.4 Å². The zero-order chi connectivity index (χ0) is 19.2. The molecule has 0 saturated carbocycles. The Balaban J connectivity index is 1.52. The van der Waals surface area contributed by atoms with Crippen molar-refractivity contribution >= 4 is 17.7 Å². The Labute approximate surface area is 160 Å². The number of aromatic nitrogens is 2. The molecule has 3 rings (SSSR count). The van der Waals surface area contributed by atoms with Crippen LogP contribution in [0, 0.1) is 0 Å². The van der Waals surface area contributed by atoms with E-state index in [2.05, 4.69) is 20.0 Å². The number of rotatable bonds is 7. The van der Waals surface area contributed by atoms with Crippen LogP contribution < -0.4 is 15.8 Å². The number of methoxy groups -OCH3 is 1. The molecule has 0 aliphatic rings. The van der Waals surface area contributed by atoms with Crippen molar-refractivity contribution in [2.45, 2.75) is 23.6 Å². The van der Waals surface area contributed by atoms with Gasteiger partial charge in [0.1, 0.15) is 5.75 Å². The van der Waals surface area contributed by atoms with E-state index >= 15 is 0 Å². The van der Waals surface area contributed by atoms with Crippen LogP contribution in [0.25, 0.3) is 11.4 Å². The van der Waals surface area contributed by atoms with E-state index in [1.807, 2.05) is 55.5 Å². The molecule has 0 fully saturated rings. The predicted octanol–water partition coefficient (Wildman–Crippen LogP) is 2.84. The Kier molecular flexibility index (Phi) is 5.97. The number of carbonyl (C=O) groups is 1. The van der Waals surface area contributed by atoms with Crippen LogP contribution in [0.3, 0.4) is 0 Å². The number of thioether (sulfide) groups is 1. The minimum Gasteiger partial charge on any atom is -0.497 e. The molecule has 1 aromatic heterocycles. The monoisotopic (exact) mass is 385 g/mol. The van der Waals surface area contributed by atoms with E-state index < -0.39 is 5.76 Å². The zero-order valence-electron chi connectivity index (χ0n) is 14.9. The highest BCUT2D eigenvalue weighted by Gasteiger charge is 2.14. The quantitative estimate of drug-likeness (QED) is 0.607. The molecule has 3 aromatic rings. The number of hydrogen-bond donors (Lipinski definition) is 2. The summed E-state index contributed by atoms with van der Waals surface area (Å²) >= 11 is 1.49. The SMILES string of the molecule is COc1ccc(SC(C)C(=O)NCc2ccc(-c3noc(=O)[nH]3)cc2)cc1. The van der Waals surface area contributed by atoms with Gasteiger partial charge in [0.2, 0.25) is 5.91 Å². The van der Waals surface area contributed by atoms with Crippen molar-refractivity contribution in [2.75, 3.05) is 7.11 Å². The molecule has 27 heavy (non-hydrogen) atoms. The van der Waals surface area contributed by atoms with Crippen molar-refractivity contribution in [3.63, 3.8) is 0 Å². The minimum absolute atomic E-state index is 0.0410. The molecule has 7 nitrogen and oxygen atoms in total. The van der Waals surface area contributed by atoms with Gasteiger partial charge in [0.15, 0.2) is 5.82 Å². The molecule has 0 spiro atoms. The highest BCUT2D eigenvalue weighted by Crippen LogP contribution is 2.25. The molecule has 0 aliphatic heterocycles. The molecule has 2 N–H and O–H groups in total. The summed E-state index contributed by atoms with van der Waals surface area (Å²) in [5.41, 5.74) is 1.68. The molecular formula is C19H19N3O4S. The van der Waals surface area contributed by atoms with Crippen LogP contribution in [0.5, 0.6) is 5.75 Å². The molecule has 1 unspecified atom stereocenters. The summed E-state index contributed by atoms with van der Waals surface area (Å²) in [7, 11) is 1.62. The molecule has 0 radical (unpaired) electrons. The first-order chi connectivity index (χ1) is 13.0. The number of amides is 1. The van der Waals surface area contributed by atoms with Gasteiger partial charge in [0.05, 0.1) is 12.4 Å². The number of nitrogens with one attached hydrogen (secondary N) is 2. The molecular weight excluding hydrogens is 366 g/mol. The molecule has 8 heteroatoms. The fraction of sp³-hybridized carbons (Fsp3) is 0.211. The molecule has 1 amide bonds. The highest BCUT2D eigenvalue weighted by atomic mass is 32.2. The summed E-state index contributed by atoms with van der Waals surface area (Å²) in [6.45, 7) is 2.29.